The zero-order valence-electron chi connectivity index (χ0n) is 9.33. The summed E-state index contributed by atoms with van der Waals surface area (Å²) in [5.74, 6) is -3.10. The van der Waals surface area contributed by atoms with Gasteiger partial charge in [0, 0.05) is 11.6 Å². The highest BCUT2D eigenvalue weighted by Crippen LogP contribution is 2.23. The number of fused-ring (bicyclic) bond motifs is 1. The summed E-state index contributed by atoms with van der Waals surface area (Å²) in [4.78, 5) is 21.5. The molecule has 0 saturated heterocycles. The summed E-state index contributed by atoms with van der Waals surface area (Å²) in [6, 6.07) is 12.5. The fourth-order valence-electron chi connectivity index (χ4n) is 1.71. The van der Waals surface area contributed by atoms with Gasteiger partial charge in [0.2, 0.25) is 0 Å². The van der Waals surface area contributed by atoms with E-state index in [1.807, 2.05) is 18.2 Å². The lowest BCUT2D eigenvalue weighted by atomic mass is 10.0. The second kappa shape index (κ2) is 4.71. The van der Waals surface area contributed by atoms with E-state index in [0.717, 1.165) is 10.8 Å². The quantitative estimate of drug-likeness (QED) is 0.492. The molecular formula is C14H10O4. The number of carboxylic acids is 1. The van der Waals surface area contributed by atoms with E-state index in [2.05, 4.69) is 0 Å². The first-order valence-corrected chi connectivity index (χ1v) is 5.25. The lowest BCUT2D eigenvalue weighted by molar-refractivity contribution is -0.146. The lowest BCUT2D eigenvalue weighted by Crippen LogP contribution is -2.09. The minimum Gasteiger partial charge on any atom is -0.507 e. The number of benzene rings is 2. The summed E-state index contributed by atoms with van der Waals surface area (Å²) in [6.45, 7) is 0. The SMILES string of the molecule is O=C(O)C(=O)C=C(O)c1cccc2ccccc12. The number of aliphatic carboxylic acids is 1. The topological polar surface area (TPSA) is 74.6 Å². The van der Waals surface area contributed by atoms with Crippen molar-refractivity contribution in [1.29, 1.82) is 0 Å². The van der Waals surface area contributed by atoms with Gasteiger partial charge in [-0.05, 0) is 10.8 Å². The van der Waals surface area contributed by atoms with E-state index in [4.69, 9.17) is 5.11 Å². The van der Waals surface area contributed by atoms with Crippen molar-refractivity contribution in [3.05, 3.63) is 54.1 Å². The molecular weight excluding hydrogens is 232 g/mol. The van der Waals surface area contributed by atoms with Crippen LogP contribution in [0.15, 0.2) is 48.5 Å². The Balaban J connectivity index is 2.55. The molecule has 0 aliphatic heterocycles. The smallest absolute Gasteiger partial charge is 0.376 e. The largest absolute Gasteiger partial charge is 0.507 e. The van der Waals surface area contributed by atoms with Crippen LogP contribution in [0.2, 0.25) is 0 Å². The normalized spacial score (nSPS) is 11.4. The van der Waals surface area contributed by atoms with Crippen molar-refractivity contribution in [1.82, 2.24) is 0 Å². The number of ketones is 1. The Labute approximate surface area is 103 Å². The Morgan fingerprint density at radius 3 is 2.33 bits per heavy atom. The predicted octanol–water partition coefficient (Wildman–Crippen LogP) is 2.39. The molecule has 0 aromatic heterocycles. The van der Waals surface area contributed by atoms with E-state index in [0.29, 0.717) is 11.6 Å². The van der Waals surface area contributed by atoms with E-state index in [-0.39, 0.29) is 5.76 Å². The first-order valence-electron chi connectivity index (χ1n) is 5.25. The van der Waals surface area contributed by atoms with E-state index in [9.17, 15) is 14.7 Å². The molecule has 4 heteroatoms. The maximum atomic E-state index is 11.0. The number of carboxylic acid groups (broad SMARTS) is 1. The van der Waals surface area contributed by atoms with Crippen LogP contribution in [0.25, 0.3) is 16.5 Å². The first-order chi connectivity index (χ1) is 8.59. The lowest BCUT2D eigenvalue weighted by Gasteiger charge is -2.05. The molecule has 18 heavy (non-hydrogen) atoms. The van der Waals surface area contributed by atoms with Crippen molar-refractivity contribution in [2.45, 2.75) is 0 Å². The van der Waals surface area contributed by atoms with Gasteiger partial charge in [0.1, 0.15) is 5.76 Å². The third kappa shape index (κ3) is 2.22. The van der Waals surface area contributed by atoms with Gasteiger partial charge in [-0.15, -0.1) is 0 Å². The highest BCUT2D eigenvalue weighted by Gasteiger charge is 2.11. The Kier molecular flexibility index (Phi) is 3.10. The molecule has 2 rings (SSSR count). The maximum absolute atomic E-state index is 11.0. The van der Waals surface area contributed by atoms with Gasteiger partial charge in [0.15, 0.2) is 0 Å². The minimum atomic E-state index is -1.60. The van der Waals surface area contributed by atoms with Crippen molar-refractivity contribution < 1.29 is 19.8 Å². The van der Waals surface area contributed by atoms with Crippen LogP contribution in [-0.4, -0.2) is 22.0 Å². The number of hydrogen-bond acceptors (Lipinski definition) is 3. The Hall–Kier alpha value is -2.62. The number of aliphatic hydroxyl groups is 1. The van der Waals surface area contributed by atoms with Gasteiger partial charge in [-0.1, -0.05) is 42.5 Å². The van der Waals surface area contributed by atoms with Crippen LogP contribution in [-0.2, 0) is 9.59 Å². The number of carbonyl (C=O) groups excluding carboxylic acids is 1. The zero-order chi connectivity index (χ0) is 13.1. The molecule has 0 aliphatic rings. The van der Waals surface area contributed by atoms with Crippen molar-refractivity contribution in [2.24, 2.45) is 0 Å². The fourth-order valence-corrected chi connectivity index (χ4v) is 1.71. The predicted molar refractivity (Wildman–Crippen MR) is 67.2 cm³/mol. The standard InChI is InChI=1S/C14H10O4/c15-12(8-13(16)14(17)18)11-7-3-5-9-4-1-2-6-10(9)11/h1-8,15H,(H,17,18). The van der Waals surface area contributed by atoms with Gasteiger partial charge >= 0.3 is 5.97 Å². The van der Waals surface area contributed by atoms with E-state index < -0.39 is 11.8 Å². The summed E-state index contributed by atoms with van der Waals surface area (Å²) in [7, 11) is 0. The Morgan fingerprint density at radius 1 is 0.944 bits per heavy atom. The molecule has 2 aromatic carbocycles. The minimum absolute atomic E-state index is 0.348. The number of carbonyl (C=O) groups is 2. The first kappa shape index (κ1) is 11.9. The van der Waals surface area contributed by atoms with Gasteiger partial charge in [-0.2, -0.15) is 0 Å². The molecule has 4 nitrogen and oxygen atoms in total. The Bertz CT molecular complexity index is 650. The van der Waals surface area contributed by atoms with Gasteiger partial charge < -0.3 is 10.2 Å². The van der Waals surface area contributed by atoms with Crippen molar-refractivity contribution in [3.63, 3.8) is 0 Å². The number of hydrogen-bond donors (Lipinski definition) is 2. The molecule has 0 radical (unpaired) electrons. The number of aliphatic hydroxyl groups excluding tert-OH is 1. The van der Waals surface area contributed by atoms with E-state index in [1.54, 1.807) is 24.3 Å². The van der Waals surface area contributed by atoms with Gasteiger partial charge in [0.05, 0.1) is 0 Å². The Morgan fingerprint density at radius 2 is 1.61 bits per heavy atom. The molecule has 0 unspecified atom stereocenters. The number of rotatable bonds is 3. The van der Waals surface area contributed by atoms with Crippen LogP contribution in [0.4, 0.5) is 0 Å². The molecule has 0 atom stereocenters. The third-order valence-electron chi connectivity index (χ3n) is 2.54. The molecule has 0 spiro atoms. The summed E-state index contributed by atoms with van der Waals surface area (Å²) in [6.07, 6.45) is 0.712. The second-order valence-corrected chi connectivity index (χ2v) is 3.73. The highest BCUT2D eigenvalue weighted by atomic mass is 16.4. The van der Waals surface area contributed by atoms with E-state index in [1.165, 1.54) is 0 Å². The summed E-state index contributed by atoms with van der Waals surface area (Å²) in [5.41, 5.74) is 0.433. The van der Waals surface area contributed by atoms with Crippen molar-refractivity contribution in [3.8, 4) is 0 Å². The third-order valence-corrected chi connectivity index (χ3v) is 2.54. The van der Waals surface area contributed by atoms with Crippen LogP contribution < -0.4 is 0 Å². The molecule has 0 heterocycles. The van der Waals surface area contributed by atoms with Crippen LogP contribution in [0.5, 0.6) is 0 Å². The zero-order valence-corrected chi connectivity index (χ0v) is 9.33. The molecule has 2 N–H and O–H groups in total. The van der Waals surface area contributed by atoms with Crippen molar-refractivity contribution >= 4 is 28.3 Å². The van der Waals surface area contributed by atoms with Crippen LogP contribution in [0.3, 0.4) is 0 Å². The average Bonchev–Trinajstić information content (AvgIpc) is 2.37. The summed E-state index contributed by atoms with van der Waals surface area (Å²) in [5, 5.41) is 20.0. The maximum Gasteiger partial charge on any atom is 0.376 e. The average molecular weight is 242 g/mol. The van der Waals surface area contributed by atoms with Crippen LogP contribution >= 0.6 is 0 Å². The van der Waals surface area contributed by atoms with Gasteiger partial charge in [-0.25, -0.2) is 4.79 Å². The molecule has 0 fully saturated rings. The summed E-state index contributed by atoms with van der Waals surface area (Å²) < 4.78 is 0. The molecule has 0 saturated carbocycles. The molecule has 0 bridgehead atoms. The molecule has 2 aromatic rings. The second-order valence-electron chi connectivity index (χ2n) is 3.73. The molecule has 0 amide bonds. The summed E-state index contributed by atoms with van der Waals surface area (Å²) >= 11 is 0. The molecule has 0 aliphatic carbocycles. The van der Waals surface area contributed by atoms with Gasteiger partial charge in [0.25, 0.3) is 5.78 Å². The van der Waals surface area contributed by atoms with Crippen molar-refractivity contribution in [2.75, 3.05) is 0 Å². The monoisotopic (exact) mass is 242 g/mol. The van der Waals surface area contributed by atoms with E-state index >= 15 is 0 Å². The van der Waals surface area contributed by atoms with Gasteiger partial charge in [-0.3, -0.25) is 4.79 Å². The fraction of sp³-hybridized carbons (Fsp3) is 0. The van der Waals surface area contributed by atoms with Crippen LogP contribution in [0.1, 0.15) is 5.56 Å². The van der Waals surface area contributed by atoms with Crippen LogP contribution in [0, 0.1) is 0 Å². The molecule has 90 valence electrons. The highest BCUT2D eigenvalue weighted by molar-refractivity contribution is 6.38.